The molecule has 5 fully saturated rings. The van der Waals surface area contributed by atoms with Crippen LogP contribution in [0.3, 0.4) is 0 Å². The van der Waals surface area contributed by atoms with Gasteiger partial charge in [-0.3, -0.25) is 9.80 Å². The highest BCUT2D eigenvalue weighted by molar-refractivity contribution is 5.18. The summed E-state index contributed by atoms with van der Waals surface area (Å²) in [5, 5.41) is 0. The molecule has 0 amide bonds. The van der Waals surface area contributed by atoms with E-state index in [9.17, 15) is 0 Å². The summed E-state index contributed by atoms with van der Waals surface area (Å²) in [7, 11) is 0. The zero-order chi connectivity index (χ0) is 22.3. The maximum atomic E-state index is 6.05. The molecule has 7 unspecified atom stereocenters. The number of rotatable bonds is 7. The molecule has 0 radical (unpaired) electrons. The van der Waals surface area contributed by atoms with Crippen LogP contribution in [0.25, 0.3) is 0 Å². The minimum atomic E-state index is 0.341. The molecule has 5 aliphatic rings. The largest absolute Gasteiger partial charge is 0.378 e. The molecule has 0 N–H and O–H groups in total. The number of nitrogens with zero attached hydrogens (tertiary/aromatic N) is 3. The lowest BCUT2D eigenvalue weighted by Crippen LogP contribution is -2.55. The Balaban J connectivity index is 1.16. The van der Waals surface area contributed by atoms with Crippen molar-refractivity contribution in [1.29, 1.82) is 0 Å². The summed E-state index contributed by atoms with van der Waals surface area (Å²) in [5.41, 5.74) is 0.341. The molecule has 0 aromatic carbocycles. The van der Waals surface area contributed by atoms with Crippen LogP contribution >= 0.6 is 0 Å². The van der Waals surface area contributed by atoms with Gasteiger partial charge in [0.25, 0.3) is 0 Å². The van der Waals surface area contributed by atoms with Crippen LogP contribution < -0.4 is 0 Å². The quantitative estimate of drug-likeness (QED) is 0.588. The van der Waals surface area contributed by atoms with Gasteiger partial charge >= 0.3 is 0 Å². The van der Waals surface area contributed by atoms with E-state index in [2.05, 4.69) is 42.4 Å². The Hall–Kier alpha value is -0.200. The van der Waals surface area contributed by atoms with Crippen LogP contribution in [0.4, 0.5) is 0 Å². The third-order valence-electron chi connectivity index (χ3n) is 9.89. The van der Waals surface area contributed by atoms with Crippen LogP contribution in [0.1, 0.15) is 79.1 Å². The van der Waals surface area contributed by atoms with Crippen molar-refractivity contribution in [2.75, 3.05) is 46.0 Å². The van der Waals surface area contributed by atoms with Crippen LogP contribution in [0.5, 0.6) is 0 Å². The van der Waals surface area contributed by atoms with Gasteiger partial charge < -0.3 is 14.4 Å². The molecule has 1 saturated carbocycles. The van der Waals surface area contributed by atoms with Gasteiger partial charge in [0.2, 0.25) is 0 Å². The third kappa shape index (κ3) is 4.54. The number of fused-ring (bicyclic) bond motifs is 1. The minimum Gasteiger partial charge on any atom is -0.378 e. The van der Waals surface area contributed by atoms with Crippen LogP contribution in [0.15, 0.2) is 0 Å². The number of ether oxygens (including phenoxy) is 2. The van der Waals surface area contributed by atoms with Crippen LogP contribution in [0.2, 0.25) is 0 Å². The van der Waals surface area contributed by atoms with E-state index in [1.807, 2.05) is 0 Å². The number of likely N-dealkylation sites (tertiary alicyclic amines) is 2. The zero-order valence-electron chi connectivity index (χ0n) is 21.3. The highest BCUT2D eigenvalue weighted by Crippen LogP contribution is 2.55. The molecule has 32 heavy (non-hydrogen) atoms. The lowest BCUT2D eigenvalue weighted by atomic mass is 9.91. The Labute approximate surface area is 197 Å². The minimum absolute atomic E-state index is 0.341. The summed E-state index contributed by atoms with van der Waals surface area (Å²) in [6.07, 6.45) is 11.3. The maximum absolute atomic E-state index is 6.05. The van der Waals surface area contributed by atoms with Crippen LogP contribution in [-0.2, 0) is 9.47 Å². The van der Waals surface area contributed by atoms with E-state index in [0.717, 1.165) is 44.2 Å². The fourth-order valence-corrected chi connectivity index (χ4v) is 7.90. The molecular weight excluding hydrogens is 398 g/mol. The van der Waals surface area contributed by atoms with Gasteiger partial charge in [-0.1, -0.05) is 6.42 Å². The van der Waals surface area contributed by atoms with E-state index in [0.29, 0.717) is 29.8 Å². The van der Waals surface area contributed by atoms with E-state index >= 15 is 0 Å². The summed E-state index contributed by atoms with van der Waals surface area (Å²) >= 11 is 0. The second kappa shape index (κ2) is 9.81. The van der Waals surface area contributed by atoms with Crippen molar-refractivity contribution < 1.29 is 9.47 Å². The molecule has 7 atom stereocenters. The Morgan fingerprint density at radius 1 is 0.906 bits per heavy atom. The Bertz CT molecular complexity index is 630. The summed E-state index contributed by atoms with van der Waals surface area (Å²) in [4.78, 5) is 8.49. The summed E-state index contributed by atoms with van der Waals surface area (Å²) in [6, 6.07) is 2.81. The van der Waals surface area contributed by atoms with E-state index in [4.69, 9.17) is 9.47 Å². The first kappa shape index (κ1) is 23.5. The first-order chi connectivity index (χ1) is 15.5. The first-order valence-electron chi connectivity index (χ1n) is 14.0. The third-order valence-corrected chi connectivity index (χ3v) is 9.89. The molecular formula is C27H49N3O2. The Morgan fingerprint density at radius 3 is 2.59 bits per heavy atom. The predicted octanol–water partition coefficient (Wildman–Crippen LogP) is 4.01. The second-order valence-corrected chi connectivity index (χ2v) is 12.1. The highest BCUT2D eigenvalue weighted by Gasteiger charge is 2.63. The molecule has 0 aromatic rings. The molecule has 4 heterocycles. The van der Waals surface area contributed by atoms with E-state index in [1.54, 1.807) is 0 Å². The van der Waals surface area contributed by atoms with Crippen molar-refractivity contribution >= 4 is 0 Å². The van der Waals surface area contributed by atoms with Gasteiger partial charge in [-0.25, -0.2) is 0 Å². The average molecular weight is 448 g/mol. The smallest absolute Gasteiger partial charge is 0.0654 e. The van der Waals surface area contributed by atoms with Crippen molar-refractivity contribution in [3.05, 3.63) is 0 Å². The summed E-state index contributed by atoms with van der Waals surface area (Å²) in [6.45, 7) is 17.6. The Morgan fingerprint density at radius 2 is 1.75 bits per heavy atom. The predicted molar refractivity (Wildman–Crippen MR) is 130 cm³/mol. The van der Waals surface area contributed by atoms with E-state index in [1.165, 1.54) is 71.0 Å². The van der Waals surface area contributed by atoms with Crippen LogP contribution in [-0.4, -0.2) is 96.5 Å². The summed E-state index contributed by atoms with van der Waals surface area (Å²) in [5.74, 6) is 1.61. The molecule has 1 aliphatic carbocycles. The van der Waals surface area contributed by atoms with E-state index < -0.39 is 0 Å². The topological polar surface area (TPSA) is 28.2 Å². The molecule has 5 nitrogen and oxygen atoms in total. The van der Waals surface area contributed by atoms with Gasteiger partial charge in [0.15, 0.2) is 0 Å². The molecule has 0 bridgehead atoms. The fourth-order valence-electron chi connectivity index (χ4n) is 7.90. The molecule has 0 aromatic heterocycles. The lowest BCUT2D eigenvalue weighted by molar-refractivity contribution is -0.0524. The monoisotopic (exact) mass is 447 g/mol. The highest BCUT2D eigenvalue weighted by atomic mass is 16.5. The molecule has 5 heteroatoms. The normalized spacial score (nSPS) is 41.2. The van der Waals surface area contributed by atoms with Crippen molar-refractivity contribution in [3.63, 3.8) is 0 Å². The van der Waals surface area contributed by atoms with Gasteiger partial charge in [-0.05, 0) is 85.1 Å². The average Bonchev–Trinajstić information content (AvgIpc) is 3.29. The fraction of sp³-hybridized carbons (Fsp3) is 1.00. The van der Waals surface area contributed by atoms with Gasteiger partial charge in [0.05, 0.1) is 19.3 Å². The lowest BCUT2D eigenvalue weighted by Gasteiger charge is -2.45. The van der Waals surface area contributed by atoms with Gasteiger partial charge in [0, 0.05) is 61.9 Å². The first-order valence-corrected chi connectivity index (χ1v) is 14.0. The molecule has 4 aliphatic heterocycles. The maximum Gasteiger partial charge on any atom is 0.0654 e. The number of hydrogen-bond donors (Lipinski definition) is 0. The Kier molecular flexibility index (Phi) is 7.22. The van der Waals surface area contributed by atoms with Gasteiger partial charge in [-0.2, -0.15) is 0 Å². The molecule has 184 valence electrons. The molecule has 4 saturated heterocycles. The number of piperidine rings is 2. The zero-order valence-corrected chi connectivity index (χ0v) is 21.3. The standard InChI is InChI=1S/C27H49N3O2/c1-20(2)30-14-16-31-19-27(30)17-24(27)25-7-5-6-12-29(25)22(4)9-8-21(3)28-13-10-26-23(18-28)11-15-32-26/h20-26H,5-19H2,1-4H3. The SMILES string of the molecule is CC(CCC(C)N1CCCCC1C1CC12COCCN2C(C)C)N1CCC2OCCC2C1. The molecule has 1 spiro atoms. The van der Waals surface area contributed by atoms with Gasteiger partial charge in [-0.15, -0.1) is 0 Å². The van der Waals surface area contributed by atoms with Crippen molar-refractivity contribution in [2.24, 2.45) is 11.8 Å². The van der Waals surface area contributed by atoms with Crippen molar-refractivity contribution in [2.45, 2.75) is 115 Å². The van der Waals surface area contributed by atoms with E-state index in [-0.39, 0.29) is 0 Å². The number of hydrogen-bond acceptors (Lipinski definition) is 5. The summed E-state index contributed by atoms with van der Waals surface area (Å²) < 4.78 is 12.0. The van der Waals surface area contributed by atoms with Crippen molar-refractivity contribution in [1.82, 2.24) is 14.7 Å². The van der Waals surface area contributed by atoms with Crippen LogP contribution in [0, 0.1) is 11.8 Å². The molecule has 5 rings (SSSR count). The second-order valence-electron chi connectivity index (χ2n) is 12.1. The van der Waals surface area contributed by atoms with Crippen molar-refractivity contribution in [3.8, 4) is 0 Å². The number of morpholine rings is 1. The van der Waals surface area contributed by atoms with Gasteiger partial charge in [0.1, 0.15) is 0 Å².